The van der Waals surface area contributed by atoms with Gasteiger partial charge in [-0.1, -0.05) is 38.3 Å². The molecule has 32 heavy (non-hydrogen) atoms. The van der Waals surface area contributed by atoms with Gasteiger partial charge in [0.2, 0.25) is 5.91 Å². The van der Waals surface area contributed by atoms with E-state index in [1.54, 1.807) is 31.2 Å². The number of aryl methyl sites for hydroxylation is 1. The largest absolute Gasteiger partial charge is 0.481 e. The summed E-state index contributed by atoms with van der Waals surface area (Å²) in [5.41, 5.74) is 6.97. The number of hydrogen-bond acceptors (Lipinski definition) is 4. The molecular weight excluding hydrogens is 406 g/mol. The first-order valence-corrected chi connectivity index (χ1v) is 11.2. The summed E-state index contributed by atoms with van der Waals surface area (Å²) in [5.74, 6) is -0.234. The molecule has 1 atom stereocenters. The number of hydrazine groups is 1. The maximum Gasteiger partial charge on any atom is 0.279 e. The fourth-order valence-electron chi connectivity index (χ4n) is 3.67. The van der Waals surface area contributed by atoms with Crippen LogP contribution in [0.3, 0.4) is 0 Å². The van der Waals surface area contributed by atoms with Gasteiger partial charge < -0.3 is 10.1 Å². The van der Waals surface area contributed by atoms with Gasteiger partial charge in [0.05, 0.1) is 0 Å². The minimum atomic E-state index is -0.778. The first-order chi connectivity index (χ1) is 15.5. The molecule has 1 aliphatic rings. The van der Waals surface area contributed by atoms with E-state index in [0.29, 0.717) is 17.0 Å². The van der Waals surface area contributed by atoms with E-state index in [1.807, 2.05) is 24.3 Å². The topological polar surface area (TPSA) is 96.5 Å². The van der Waals surface area contributed by atoms with Gasteiger partial charge >= 0.3 is 0 Å². The minimum Gasteiger partial charge on any atom is -0.481 e. The third-order valence-electron chi connectivity index (χ3n) is 5.70. The summed E-state index contributed by atoms with van der Waals surface area (Å²) in [6.45, 7) is 3.68. The summed E-state index contributed by atoms with van der Waals surface area (Å²) in [6, 6.07) is 14.1. The Morgan fingerprint density at radius 1 is 0.938 bits per heavy atom. The van der Waals surface area contributed by atoms with Crippen molar-refractivity contribution in [2.24, 2.45) is 5.92 Å². The SMILES string of the molecule is CCc1ccc(OC(C)C(=O)NNC(=O)c2ccc(NC(=O)C3CCCCC3)cc2)cc1. The summed E-state index contributed by atoms with van der Waals surface area (Å²) in [4.78, 5) is 36.9. The number of rotatable bonds is 7. The lowest BCUT2D eigenvalue weighted by atomic mass is 9.88. The van der Waals surface area contributed by atoms with Crippen molar-refractivity contribution in [3.8, 4) is 5.75 Å². The minimum absolute atomic E-state index is 0.0347. The molecule has 3 N–H and O–H groups in total. The van der Waals surface area contributed by atoms with E-state index >= 15 is 0 Å². The molecule has 0 saturated heterocycles. The number of anilines is 1. The van der Waals surface area contributed by atoms with Crippen LogP contribution in [-0.4, -0.2) is 23.8 Å². The molecule has 1 fully saturated rings. The van der Waals surface area contributed by atoms with Gasteiger partial charge in [-0.2, -0.15) is 0 Å². The average molecular weight is 438 g/mol. The fraction of sp³-hybridized carbons (Fsp3) is 0.400. The quantitative estimate of drug-likeness (QED) is 0.571. The number of benzene rings is 2. The third kappa shape index (κ3) is 6.57. The van der Waals surface area contributed by atoms with Gasteiger partial charge in [0.25, 0.3) is 11.8 Å². The van der Waals surface area contributed by atoms with Crippen LogP contribution in [0.5, 0.6) is 5.75 Å². The van der Waals surface area contributed by atoms with Crippen molar-refractivity contribution in [1.29, 1.82) is 0 Å². The normalized spacial score (nSPS) is 14.8. The highest BCUT2D eigenvalue weighted by Crippen LogP contribution is 2.25. The number of amides is 3. The monoisotopic (exact) mass is 437 g/mol. The van der Waals surface area contributed by atoms with Crippen LogP contribution in [0, 0.1) is 5.92 Å². The Morgan fingerprint density at radius 2 is 1.59 bits per heavy atom. The van der Waals surface area contributed by atoms with Crippen molar-refractivity contribution >= 4 is 23.4 Å². The average Bonchev–Trinajstić information content (AvgIpc) is 2.83. The molecule has 3 amide bonds. The van der Waals surface area contributed by atoms with Crippen LogP contribution in [-0.2, 0) is 16.0 Å². The molecule has 3 rings (SSSR count). The van der Waals surface area contributed by atoms with Crippen molar-refractivity contribution in [3.63, 3.8) is 0 Å². The molecule has 1 saturated carbocycles. The predicted molar refractivity (Wildman–Crippen MR) is 123 cm³/mol. The van der Waals surface area contributed by atoms with Crippen LogP contribution in [0.15, 0.2) is 48.5 Å². The zero-order valence-corrected chi connectivity index (χ0v) is 18.6. The van der Waals surface area contributed by atoms with Crippen LogP contribution in [0.1, 0.15) is 61.9 Å². The van der Waals surface area contributed by atoms with Gasteiger partial charge in [0, 0.05) is 17.2 Å². The molecule has 0 radical (unpaired) electrons. The smallest absolute Gasteiger partial charge is 0.279 e. The Hall–Kier alpha value is -3.35. The van der Waals surface area contributed by atoms with Crippen LogP contribution in [0.2, 0.25) is 0 Å². The molecule has 1 unspecified atom stereocenters. The van der Waals surface area contributed by atoms with Crippen molar-refractivity contribution in [3.05, 3.63) is 59.7 Å². The molecule has 2 aromatic carbocycles. The second-order valence-corrected chi connectivity index (χ2v) is 8.10. The summed E-state index contributed by atoms with van der Waals surface area (Å²) in [6.07, 6.45) is 5.39. The highest BCUT2D eigenvalue weighted by atomic mass is 16.5. The predicted octanol–water partition coefficient (Wildman–Crippen LogP) is 4.00. The number of carbonyl (C=O) groups is 3. The van der Waals surface area contributed by atoms with E-state index in [2.05, 4.69) is 23.1 Å². The molecule has 0 spiro atoms. The van der Waals surface area contributed by atoms with Crippen LogP contribution in [0.4, 0.5) is 5.69 Å². The van der Waals surface area contributed by atoms with Crippen molar-refractivity contribution in [2.45, 2.75) is 58.5 Å². The molecule has 0 aliphatic heterocycles. The van der Waals surface area contributed by atoms with Crippen molar-refractivity contribution in [2.75, 3.05) is 5.32 Å². The second-order valence-electron chi connectivity index (χ2n) is 8.10. The number of ether oxygens (including phenoxy) is 1. The molecule has 0 bridgehead atoms. The number of hydrogen-bond donors (Lipinski definition) is 3. The molecule has 7 heteroatoms. The molecule has 2 aromatic rings. The van der Waals surface area contributed by atoms with Gasteiger partial charge in [-0.25, -0.2) is 0 Å². The first kappa shape index (κ1) is 23.3. The van der Waals surface area contributed by atoms with Gasteiger partial charge in [0.1, 0.15) is 5.75 Å². The lowest BCUT2D eigenvalue weighted by Gasteiger charge is -2.20. The molecule has 170 valence electrons. The van der Waals surface area contributed by atoms with E-state index in [-0.39, 0.29) is 11.8 Å². The summed E-state index contributed by atoms with van der Waals surface area (Å²) < 4.78 is 5.61. The van der Waals surface area contributed by atoms with Gasteiger partial charge in [-0.15, -0.1) is 0 Å². The van der Waals surface area contributed by atoms with Gasteiger partial charge in [-0.3, -0.25) is 25.2 Å². The third-order valence-corrected chi connectivity index (χ3v) is 5.70. The second kappa shape index (κ2) is 11.3. The van der Waals surface area contributed by atoms with E-state index in [4.69, 9.17) is 4.74 Å². The Kier molecular flexibility index (Phi) is 8.25. The summed E-state index contributed by atoms with van der Waals surface area (Å²) >= 11 is 0. The van der Waals surface area contributed by atoms with Crippen LogP contribution >= 0.6 is 0 Å². The Morgan fingerprint density at radius 3 is 2.22 bits per heavy atom. The lowest BCUT2D eigenvalue weighted by molar-refractivity contribution is -0.128. The van der Waals surface area contributed by atoms with Crippen LogP contribution < -0.4 is 20.9 Å². The van der Waals surface area contributed by atoms with E-state index in [0.717, 1.165) is 32.1 Å². The van der Waals surface area contributed by atoms with Gasteiger partial charge in [-0.05, 0) is 68.1 Å². The maximum atomic E-state index is 12.3. The molecule has 7 nitrogen and oxygen atoms in total. The fourth-order valence-corrected chi connectivity index (χ4v) is 3.67. The Balaban J connectivity index is 1.45. The standard InChI is InChI=1S/C25H31N3O4/c1-3-18-9-15-22(16-10-18)32-17(2)23(29)27-28-25(31)20-11-13-21(14-12-20)26-24(30)19-7-5-4-6-8-19/h9-17,19H,3-8H2,1-2H3,(H,26,30)(H,27,29)(H,28,31). The van der Waals surface area contributed by atoms with E-state index in [1.165, 1.54) is 12.0 Å². The van der Waals surface area contributed by atoms with E-state index < -0.39 is 17.9 Å². The molecule has 0 heterocycles. The van der Waals surface area contributed by atoms with E-state index in [9.17, 15) is 14.4 Å². The summed E-state index contributed by atoms with van der Waals surface area (Å²) in [5, 5.41) is 2.92. The lowest BCUT2D eigenvalue weighted by Crippen LogP contribution is -2.47. The maximum absolute atomic E-state index is 12.3. The molecular formula is C25H31N3O4. The highest BCUT2D eigenvalue weighted by Gasteiger charge is 2.21. The Labute approximate surface area is 188 Å². The highest BCUT2D eigenvalue weighted by molar-refractivity contribution is 5.97. The summed E-state index contributed by atoms with van der Waals surface area (Å²) in [7, 11) is 0. The molecule has 0 aromatic heterocycles. The van der Waals surface area contributed by atoms with Crippen molar-refractivity contribution in [1.82, 2.24) is 10.9 Å². The van der Waals surface area contributed by atoms with Crippen LogP contribution in [0.25, 0.3) is 0 Å². The first-order valence-electron chi connectivity index (χ1n) is 11.2. The zero-order chi connectivity index (χ0) is 22.9. The number of carbonyl (C=O) groups excluding carboxylic acids is 3. The Bertz CT molecular complexity index is 919. The van der Waals surface area contributed by atoms with Crippen molar-refractivity contribution < 1.29 is 19.1 Å². The molecule has 1 aliphatic carbocycles. The number of nitrogens with one attached hydrogen (secondary N) is 3. The van der Waals surface area contributed by atoms with Gasteiger partial charge in [0.15, 0.2) is 6.10 Å². The zero-order valence-electron chi connectivity index (χ0n) is 18.6.